The zero-order valence-corrected chi connectivity index (χ0v) is 13.3. The number of benzene rings is 2. The van der Waals surface area contributed by atoms with E-state index in [2.05, 4.69) is 10.3 Å². The molecule has 0 spiro atoms. The molecule has 0 aliphatic carbocycles. The van der Waals surface area contributed by atoms with Crippen molar-refractivity contribution in [3.8, 4) is 0 Å². The Labute approximate surface area is 143 Å². The molecule has 130 valence electrons. The van der Waals surface area contributed by atoms with Crippen molar-refractivity contribution in [1.29, 1.82) is 0 Å². The van der Waals surface area contributed by atoms with Crippen LogP contribution in [0, 0.1) is 0 Å². The van der Waals surface area contributed by atoms with Crippen LogP contribution in [0.2, 0.25) is 0 Å². The molecule has 1 aromatic heterocycles. The van der Waals surface area contributed by atoms with E-state index in [9.17, 15) is 15.0 Å². The van der Waals surface area contributed by atoms with Crippen molar-refractivity contribution in [3.05, 3.63) is 66.1 Å². The number of nitrogens with zero attached hydrogens (tertiary/aromatic N) is 1. The molecule has 7 heteroatoms. The van der Waals surface area contributed by atoms with Gasteiger partial charge in [0.15, 0.2) is 12.0 Å². The highest BCUT2D eigenvalue weighted by Crippen LogP contribution is 2.21. The van der Waals surface area contributed by atoms with Gasteiger partial charge in [-0.05, 0) is 23.3 Å². The second-order valence-corrected chi connectivity index (χ2v) is 5.53. The lowest BCUT2D eigenvalue weighted by Gasteiger charge is -2.18. The van der Waals surface area contributed by atoms with E-state index < -0.39 is 18.3 Å². The molecule has 2 aromatic carbocycles. The Morgan fingerprint density at radius 1 is 1.20 bits per heavy atom. The van der Waals surface area contributed by atoms with Gasteiger partial charge in [-0.25, -0.2) is 9.78 Å². The quantitative estimate of drug-likeness (QED) is 0.634. The van der Waals surface area contributed by atoms with Crippen LogP contribution in [-0.4, -0.2) is 33.9 Å². The van der Waals surface area contributed by atoms with Gasteiger partial charge in [0.25, 0.3) is 0 Å². The fourth-order valence-electron chi connectivity index (χ4n) is 2.35. The Morgan fingerprint density at radius 3 is 2.80 bits per heavy atom. The first-order chi connectivity index (χ1) is 12.1. The number of ether oxygens (including phenoxy) is 1. The number of carbonyl (C=O) groups excluding carboxylic acids is 1. The minimum Gasteiger partial charge on any atom is -0.445 e. The average Bonchev–Trinajstić information content (AvgIpc) is 3.12. The van der Waals surface area contributed by atoms with E-state index in [4.69, 9.17) is 9.15 Å². The summed E-state index contributed by atoms with van der Waals surface area (Å²) in [6.07, 6.45) is -1.71. The van der Waals surface area contributed by atoms with Gasteiger partial charge in [-0.15, -0.1) is 0 Å². The third-order valence-electron chi connectivity index (χ3n) is 3.73. The number of aliphatic hydroxyl groups excluding tert-OH is 2. The van der Waals surface area contributed by atoms with Crippen LogP contribution in [0.5, 0.6) is 0 Å². The average molecular weight is 342 g/mol. The summed E-state index contributed by atoms with van der Waals surface area (Å²) in [4.78, 5) is 15.7. The van der Waals surface area contributed by atoms with E-state index >= 15 is 0 Å². The Morgan fingerprint density at radius 2 is 2.00 bits per heavy atom. The molecule has 0 saturated carbocycles. The first-order valence-corrected chi connectivity index (χ1v) is 7.77. The van der Waals surface area contributed by atoms with Crippen LogP contribution in [0.25, 0.3) is 11.1 Å². The second kappa shape index (κ2) is 7.78. The highest BCUT2D eigenvalue weighted by molar-refractivity contribution is 5.73. The molecule has 2 atom stereocenters. The second-order valence-electron chi connectivity index (χ2n) is 5.53. The van der Waals surface area contributed by atoms with E-state index in [1.54, 1.807) is 18.2 Å². The molecule has 0 radical (unpaired) electrons. The molecule has 25 heavy (non-hydrogen) atoms. The Kier molecular flexibility index (Phi) is 5.27. The number of nitrogens with one attached hydrogen (secondary N) is 1. The molecule has 1 heterocycles. The molecule has 0 fully saturated rings. The number of aliphatic hydroxyl groups is 2. The van der Waals surface area contributed by atoms with Gasteiger partial charge in [0, 0.05) is 6.54 Å². The van der Waals surface area contributed by atoms with Crippen molar-refractivity contribution in [1.82, 2.24) is 10.3 Å². The van der Waals surface area contributed by atoms with Crippen LogP contribution in [-0.2, 0) is 11.3 Å². The predicted molar refractivity (Wildman–Crippen MR) is 89.6 cm³/mol. The SMILES string of the molecule is O=C(NCC(O)C(O)c1ccc2ocnc2c1)OCc1ccccc1. The summed E-state index contributed by atoms with van der Waals surface area (Å²) in [6, 6.07) is 14.2. The largest absolute Gasteiger partial charge is 0.445 e. The van der Waals surface area contributed by atoms with E-state index in [0.29, 0.717) is 16.7 Å². The summed E-state index contributed by atoms with van der Waals surface area (Å²) in [5, 5.41) is 22.7. The molecule has 0 aliphatic rings. The number of amides is 1. The summed E-state index contributed by atoms with van der Waals surface area (Å²) < 4.78 is 10.2. The molecule has 1 amide bonds. The predicted octanol–water partition coefficient (Wildman–Crippen LogP) is 2.15. The van der Waals surface area contributed by atoms with Crippen LogP contribution in [0.3, 0.4) is 0 Å². The van der Waals surface area contributed by atoms with Crippen molar-refractivity contribution in [2.75, 3.05) is 6.54 Å². The standard InChI is InChI=1S/C18H18N2O5/c21-15(9-19-18(23)24-10-12-4-2-1-3-5-12)17(22)13-6-7-16-14(8-13)20-11-25-16/h1-8,11,15,17,21-22H,9-10H2,(H,19,23). The third kappa shape index (κ3) is 4.34. The highest BCUT2D eigenvalue weighted by Gasteiger charge is 2.20. The Balaban J connectivity index is 1.49. The highest BCUT2D eigenvalue weighted by atomic mass is 16.5. The molecule has 3 aromatic rings. The van der Waals surface area contributed by atoms with Gasteiger partial charge in [-0.3, -0.25) is 0 Å². The molecule has 3 N–H and O–H groups in total. The number of aromatic nitrogens is 1. The monoisotopic (exact) mass is 342 g/mol. The van der Waals surface area contributed by atoms with Gasteiger partial charge in [0.05, 0.1) is 0 Å². The van der Waals surface area contributed by atoms with E-state index in [1.807, 2.05) is 30.3 Å². The molecular weight excluding hydrogens is 324 g/mol. The number of alkyl carbamates (subject to hydrolysis) is 1. The van der Waals surface area contributed by atoms with Crippen molar-refractivity contribution in [3.63, 3.8) is 0 Å². The lowest BCUT2D eigenvalue weighted by Crippen LogP contribution is -2.35. The maximum absolute atomic E-state index is 11.7. The Hall–Kier alpha value is -2.90. The number of carbonyl (C=O) groups is 1. The number of hydrogen-bond donors (Lipinski definition) is 3. The maximum atomic E-state index is 11.7. The van der Waals surface area contributed by atoms with Gasteiger partial charge in [0.1, 0.15) is 24.3 Å². The van der Waals surface area contributed by atoms with E-state index in [1.165, 1.54) is 6.39 Å². The number of oxazole rings is 1. The lowest BCUT2D eigenvalue weighted by molar-refractivity contribution is 0.0184. The summed E-state index contributed by atoms with van der Waals surface area (Å²) in [5.41, 5.74) is 2.51. The molecule has 0 saturated heterocycles. The number of fused-ring (bicyclic) bond motifs is 1. The summed E-state index contributed by atoms with van der Waals surface area (Å²) in [6.45, 7) is -0.0141. The molecule has 2 unspecified atom stereocenters. The van der Waals surface area contributed by atoms with Gasteiger partial charge < -0.3 is 24.7 Å². The van der Waals surface area contributed by atoms with E-state index in [-0.39, 0.29) is 13.2 Å². The van der Waals surface area contributed by atoms with Gasteiger partial charge in [-0.2, -0.15) is 0 Å². The third-order valence-corrected chi connectivity index (χ3v) is 3.73. The minimum absolute atomic E-state index is 0.133. The van der Waals surface area contributed by atoms with Crippen LogP contribution in [0.15, 0.2) is 59.3 Å². The molecule has 0 aliphatic heterocycles. The van der Waals surface area contributed by atoms with Crippen molar-refractivity contribution >= 4 is 17.2 Å². The first-order valence-electron chi connectivity index (χ1n) is 7.77. The smallest absolute Gasteiger partial charge is 0.407 e. The fourth-order valence-corrected chi connectivity index (χ4v) is 2.35. The first kappa shape index (κ1) is 16.9. The van der Waals surface area contributed by atoms with Gasteiger partial charge in [-0.1, -0.05) is 36.4 Å². The van der Waals surface area contributed by atoms with Crippen molar-refractivity contribution < 1.29 is 24.2 Å². The van der Waals surface area contributed by atoms with Crippen LogP contribution in [0.4, 0.5) is 4.79 Å². The zero-order valence-electron chi connectivity index (χ0n) is 13.3. The van der Waals surface area contributed by atoms with Crippen molar-refractivity contribution in [2.24, 2.45) is 0 Å². The van der Waals surface area contributed by atoms with Crippen LogP contribution in [0.1, 0.15) is 17.2 Å². The Bertz CT molecular complexity index is 834. The molecule has 0 bridgehead atoms. The number of hydrogen-bond acceptors (Lipinski definition) is 6. The summed E-state index contributed by atoms with van der Waals surface area (Å²) in [5.74, 6) is 0. The molecule has 7 nitrogen and oxygen atoms in total. The van der Waals surface area contributed by atoms with E-state index in [0.717, 1.165) is 5.56 Å². The van der Waals surface area contributed by atoms with Gasteiger partial charge >= 0.3 is 6.09 Å². The topological polar surface area (TPSA) is 105 Å². The van der Waals surface area contributed by atoms with Crippen molar-refractivity contribution in [2.45, 2.75) is 18.8 Å². The van der Waals surface area contributed by atoms with Crippen LogP contribution < -0.4 is 5.32 Å². The zero-order chi connectivity index (χ0) is 17.6. The normalized spacial score (nSPS) is 13.4. The molecular formula is C18H18N2O5. The lowest BCUT2D eigenvalue weighted by atomic mass is 10.0. The summed E-state index contributed by atoms with van der Waals surface area (Å²) in [7, 11) is 0. The number of rotatable bonds is 6. The molecule has 3 rings (SSSR count). The maximum Gasteiger partial charge on any atom is 0.407 e. The van der Waals surface area contributed by atoms with Crippen LogP contribution >= 0.6 is 0 Å². The minimum atomic E-state index is -1.19. The fraction of sp³-hybridized carbons (Fsp3) is 0.222. The summed E-state index contributed by atoms with van der Waals surface area (Å²) >= 11 is 0. The van der Waals surface area contributed by atoms with Gasteiger partial charge in [0.2, 0.25) is 0 Å².